The van der Waals surface area contributed by atoms with Crippen molar-refractivity contribution in [3.8, 4) is 5.75 Å². The van der Waals surface area contributed by atoms with Crippen molar-refractivity contribution in [3.63, 3.8) is 0 Å². The molecule has 4 rings (SSSR count). The van der Waals surface area contributed by atoms with Gasteiger partial charge in [0.25, 0.3) is 0 Å². The minimum atomic E-state index is -0.483. The van der Waals surface area contributed by atoms with Gasteiger partial charge in [-0.15, -0.1) is 0 Å². The van der Waals surface area contributed by atoms with Gasteiger partial charge in [0.05, 0.1) is 23.8 Å². The SMILES string of the molecule is O=C1C=C(n2ccc(=O)c(O)c2)N=C(c2cccc3ncccc23)C1. The largest absolute Gasteiger partial charge is 0.503 e. The van der Waals surface area contributed by atoms with Crippen LogP contribution in [0.4, 0.5) is 0 Å². The highest BCUT2D eigenvalue weighted by Crippen LogP contribution is 2.23. The van der Waals surface area contributed by atoms with Gasteiger partial charge in [0, 0.05) is 35.5 Å². The maximum absolute atomic E-state index is 12.2. The maximum Gasteiger partial charge on any atom is 0.223 e. The molecule has 25 heavy (non-hydrogen) atoms. The summed E-state index contributed by atoms with van der Waals surface area (Å²) in [5.41, 5.74) is 1.81. The van der Waals surface area contributed by atoms with Gasteiger partial charge >= 0.3 is 0 Å². The van der Waals surface area contributed by atoms with Crippen LogP contribution in [-0.2, 0) is 4.79 Å². The number of aromatic hydroxyl groups is 1. The van der Waals surface area contributed by atoms with Gasteiger partial charge in [-0.05, 0) is 12.1 Å². The maximum atomic E-state index is 12.2. The van der Waals surface area contributed by atoms with E-state index in [1.807, 2.05) is 30.3 Å². The van der Waals surface area contributed by atoms with E-state index in [-0.39, 0.29) is 12.2 Å². The number of ketones is 1. The van der Waals surface area contributed by atoms with Gasteiger partial charge in [0.1, 0.15) is 5.82 Å². The Morgan fingerprint density at radius 1 is 1.08 bits per heavy atom. The number of carbonyl (C=O) groups excluding carboxylic acids is 1. The first-order valence-electron chi connectivity index (χ1n) is 7.70. The van der Waals surface area contributed by atoms with Crippen LogP contribution < -0.4 is 5.43 Å². The standard InChI is InChI=1S/C19H13N3O3/c23-12-9-16(14-3-1-5-15-13(14)4-2-7-20-15)21-19(10-12)22-8-6-17(24)18(25)11-22/h1-8,10-11,25H,9H2. The van der Waals surface area contributed by atoms with Gasteiger partial charge in [-0.3, -0.25) is 14.6 Å². The van der Waals surface area contributed by atoms with Gasteiger partial charge in [-0.25, -0.2) is 4.99 Å². The molecule has 0 spiro atoms. The van der Waals surface area contributed by atoms with Crippen molar-refractivity contribution < 1.29 is 9.90 Å². The van der Waals surface area contributed by atoms with Crippen LogP contribution in [-0.4, -0.2) is 26.2 Å². The van der Waals surface area contributed by atoms with E-state index in [1.54, 1.807) is 6.20 Å². The average molecular weight is 331 g/mol. The Kier molecular flexibility index (Phi) is 3.50. The summed E-state index contributed by atoms with van der Waals surface area (Å²) in [6.07, 6.45) is 6.02. The summed E-state index contributed by atoms with van der Waals surface area (Å²) in [7, 11) is 0. The van der Waals surface area contributed by atoms with E-state index in [9.17, 15) is 14.7 Å². The van der Waals surface area contributed by atoms with Crippen molar-refractivity contribution in [1.82, 2.24) is 9.55 Å². The van der Waals surface area contributed by atoms with Crippen molar-refractivity contribution in [2.75, 3.05) is 0 Å². The Hall–Kier alpha value is -3.54. The molecule has 0 fully saturated rings. The molecule has 2 aromatic heterocycles. The molecule has 0 unspecified atom stereocenters. The lowest BCUT2D eigenvalue weighted by Crippen LogP contribution is -2.15. The molecule has 1 N–H and O–H groups in total. The number of hydrogen-bond donors (Lipinski definition) is 1. The molecule has 0 radical (unpaired) electrons. The fourth-order valence-electron chi connectivity index (χ4n) is 2.83. The zero-order valence-corrected chi connectivity index (χ0v) is 13.1. The first-order valence-corrected chi connectivity index (χ1v) is 7.70. The van der Waals surface area contributed by atoms with E-state index >= 15 is 0 Å². The van der Waals surface area contributed by atoms with Crippen molar-refractivity contribution in [2.24, 2.45) is 4.99 Å². The summed E-state index contributed by atoms with van der Waals surface area (Å²) in [5.74, 6) is -0.144. The molecule has 0 bridgehead atoms. The third-order valence-electron chi connectivity index (χ3n) is 4.00. The molecule has 0 saturated carbocycles. The highest BCUT2D eigenvalue weighted by molar-refractivity contribution is 6.22. The van der Waals surface area contributed by atoms with E-state index in [2.05, 4.69) is 9.98 Å². The smallest absolute Gasteiger partial charge is 0.223 e. The van der Waals surface area contributed by atoms with Crippen molar-refractivity contribution in [1.29, 1.82) is 0 Å². The molecule has 3 aromatic rings. The Bertz CT molecular complexity index is 1120. The first-order chi connectivity index (χ1) is 12.1. The van der Waals surface area contributed by atoms with Crippen LogP contribution >= 0.6 is 0 Å². The van der Waals surface area contributed by atoms with Gasteiger partial charge in [-0.1, -0.05) is 18.2 Å². The van der Waals surface area contributed by atoms with E-state index in [1.165, 1.54) is 29.1 Å². The van der Waals surface area contributed by atoms with Crippen LogP contribution in [0.5, 0.6) is 5.75 Å². The molecule has 1 aliphatic heterocycles. The predicted molar refractivity (Wildman–Crippen MR) is 94.5 cm³/mol. The monoisotopic (exact) mass is 331 g/mol. The Morgan fingerprint density at radius 3 is 2.80 bits per heavy atom. The molecule has 0 amide bonds. The summed E-state index contributed by atoms with van der Waals surface area (Å²) in [4.78, 5) is 32.5. The number of fused-ring (bicyclic) bond motifs is 1. The van der Waals surface area contributed by atoms with E-state index in [0.29, 0.717) is 11.5 Å². The minimum Gasteiger partial charge on any atom is -0.503 e. The number of aliphatic imine (C=N–C) groups is 1. The van der Waals surface area contributed by atoms with Crippen molar-refractivity contribution in [3.05, 3.63) is 76.9 Å². The molecular weight excluding hydrogens is 318 g/mol. The third kappa shape index (κ3) is 2.74. The highest BCUT2D eigenvalue weighted by atomic mass is 16.3. The number of nitrogens with zero attached hydrogens (tertiary/aromatic N) is 3. The van der Waals surface area contributed by atoms with Gasteiger partial charge in [-0.2, -0.15) is 0 Å². The molecule has 122 valence electrons. The van der Waals surface area contributed by atoms with Crippen LogP contribution in [0.3, 0.4) is 0 Å². The lowest BCUT2D eigenvalue weighted by Gasteiger charge is -2.16. The van der Waals surface area contributed by atoms with Gasteiger partial charge in [0.2, 0.25) is 5.43 Å². The second kappa shape index (κ2) is 5.83. The summed E-state index contributed by atoms with van der Waals surface area (Å²) in [6, 6.07) is 10.7. The molecule has 6 nitrogen and oxygen atoms in total. The van der Waals surface area contributed by atoms with E-state index in [0.717, 1.165) is 16.5 Å². The van der Waals surface area contributed by atoms with Crippen molar-refractivity contribution >= 4 is 28.2 Å². The normalized spacial score (nSPS) is 14.3. The van der Waals surface area contributed by atoms with Crippen LogP contribution in [0, 0.1) is 0 Å². The quantitative estimate of drug-likeness (QED) is 0.781. The van der Waals surface area contributed by atoms with Crippen LogP contribution in [0.15, 0.2) is 70.9 Å². The second-order valence-electron chi connectivity index (χ2n) is 5.68. The van der Waals surface area contributed by atoms with Gasteiger partial charge < -0.3 is 9.67 Å². The zero-order valence-electron chi connectivity index (χ0n) is 13.1. The lowest BCUT2D eigenvalue weighted by molar-refractivity contribution is -0.113. The molecule has 6 heteroatoms. The number of allylic oxidation sites excluding steroid dienone is 1. The Labute approximate surface area is 142 Å². The fraction of sp³-hybridized carbons (Fsp3) is 0.0526. The number of benzene rings is 1. The topological polar surface area (TPSA) is 84.5 Å². The Balaban J connectivity index is 1.86. The van der Waals surface area contributed by atoms with Crippen LogP contribution in [0.1, 0.15) is 12.0 Å². The number of carbonyl (C=O) groups is 1. The molecule has 1 aromatic carbocycles. The van der Waals surface area contributed by atoms with Crippen LogP contribution in [0.2, 0.25) is 0 Å². The predicted octanol–water partition coefficient (Wildman–Crippen LogP) is 2.36. The fourth-order valence-corrected chi connectivity index (χ4v) is 2.83. The molecule has 0 saturated heterocycles. The number of aromatic nitrogens is 2. The lowest BCUT2D eigenvalue weighted by atomic mass is 9.98. The molecule has 3 heterocycles. The van der Waals surface area contributed by atoms with Gasteiger partial charge in [0.15, 0.2) is 11.5 Å². The number of hydrogen-bond acceptors (Lipinski definition) is 5. The number of pyridine rings is 2. The highest BCUT2D eigenvalue weighted by Gasteiger charge is 2.18. The molecular formula is C19H13N3O3. The molecule has 0 atom stereocenters. The summed E-state index contributed by atoms with van der Waals surface area (Å²) in [5, 5.41) is 10.5. The van der Waals surface area contributed by atoms with E-state index in [4.69, 9.17) is 0 Å². The first kappa shape index (κ1) is 15.0. The molecule has 0 aliphatic carbocycles. The zero-order chi connectivity index (χ0) is 17.4. The third-order valence-corrected chi connectivity index (χ3v) is 4.00. The summed E-state index contributed by atoms with van der Waals surface area (Å²) in [6.45, 7) is 0. The van der Waals surface area contributed by atoms with E-state index < -0.39 is 11.2 Å². The van der Waals surface area contributed by atoms with Crippen molar-refractivity contribution in [2.45, 2.75) is 6.42 Å². The summed E-state index contributed by atoms with van der Waals surface area (Å²) < 4.78 is 1.46. The Morgan fingerprint density at radius 2 is 1.96 bits per heavy atom. The minimum absolute atomic E-state index is 0.0981. The van der Waals surface area contributed by atoms with Crippen LogP contribution in [0.25, 0.3) is 16.7 Å². The average Bonchev–Trinajstić information content (AvgIpc) is 2.63. The second-order valence-corrected chi connectivity index (χ2v) is 5.68. The summed E-state index contributed by atoms with van der Waals surface area (Å²) >= 11 is 0. The molecule has 1 aliphatic rings. The number of rotatable bonds is 2.